The quantitative estimate of drug-likeness (QED) is 0.345. The highest BCUT2D eigenvalue weighted by molar-refractivity contribution is 5.85. The number of hydrogen-bond donors (Lipinski definition) is 2. The van der Waals surface area contributed by atoms with Crippen LogP contribution in [0.1, 0.15) is 44.2 Å². The van der Waals surface area contributed by atoms with Gasteiger partial charge < -0.3 is 29.5 Å². The van der Waals surface area contributed by atoms with Gasteiger partial charge in [-0.2, -0.15) is 8.78 Å². The molecule has 2 aromatic rings. The molecule has 38 heavy (non-hydrogen) atoms. The number of hydrogen-bond acceptors (Lipinski definition) is 7. The fourth-order valence-corrected chi connectivity index (χ4v) is 4.04. The smallest absolute Gasteiger partial charge is 0.387 e. The number of carboxylic acid groups (broad SMARTS) is 1. The van der Waals surface area contributed by atoms with Gasteiger partial charge in [0.25, 0.3) is 0 Å². The van der Waals surface area contributed by atoms with E-state index < -0.39 is 30.2 Å². The molecule has 1 aromatic carbocycles. The van der Waals surface area contributed by atoms with Crippen molar-refractivity contribution in [3.63, 3.8) is 0 Å². The van der Waals surface area contributed by atoms with Crippen molar-refractivity contribution >= 4 is 18.4 Å². The maximum atomic E-state index is 15.3. The molecule has 4 rings (SSSR count). The number of carbonyl (C=O) groups is 1. The first-order valence-corrected chi connectivity index (χ1v) is 12.0. The molecule has 1 saturated carbocycles. The normalized spacial score (nSPS) is 21.4. The minimum Gasteiger partial charge on any atom is -0.494 e. The summed E-state index contributed by atoms with van der Waals surface area (Å²) in [5.74, 6) is -0.567. The lowest BCUT2D eigenvalue weighted by molar-refractivity contribution is -0.148. The lowest BCUT2D eigenvalue weighted by Gasteiger charge is -2.30. The molecule has 3 atom stereocenters. The summed E-state index contributed by atoms with van der Waals surface area (Å²) in [5.41, 5.74) is 4.66. The SMILES string of the molecule is CCOC1=CC(F)C(Cc2nc(-c3ccc(OC(F)F)c(OCC4CC4)c3)oc2C(C)N)(C(=O)O)C=C1.Cl. The number of oxazole rings is 1. The monoisotopic (exact) mass is 558 g/mol. The van der Waals surface area contributed by atoms with Crippen LogP contribution >= 0.6 is 12.4 Å². The summed E-state index contributed by atoms with van der Waals surface area (Å²) in [6, 6.07) is 3.56. The van der Waals surface area contributed by atoms with Crippen molar-refractivity contribution in [2.45, 2.75) is 51.9 Å². The molecular weight excluding hydrogens is 529 g/mol. The number of carboxylic acids is 1. The van der Waals surface area contributed by atoms with Crippen molar-refractivity contribution in [1.82, 2.24) is 4.98 Å². The lowest BCUT2D eigenvalue weighted by atomic mass is 9.75. The van der Waals surface area contributed by atoms with Gasteiger partial charge in [-0.3, -0.25) is 4.79 Å². The Morgan fingerprint density at radius 2 is 2.03 bits per heavy atom. The van der Waals surface area contributed by atoms with Crippen LogP contribution < -0.4 is 15.2 Å². The first-order valence-electron chi connectivity index (χ1n) is 12.0. The number of allylic oxidation sites excluding steroid dienone is 2. The van der Waals surface area contributed by atoms with Crippen molar-refractivity contribution in [2.75, 3.05) is 13.2 Å². The topological polar surface area (TPSA) is 117 Å². The average molecular weight is 559 g/mol. The first kappa shape index (κ1) is 29.4. The summed E-state index contributed by atoms with van der Waals surface area (Å²) >= 11 is 0. The second-order valence-corrected chi connectivity index (χ2v) is 9.17. The molecule has 0 bridgehead atoms. The Hall–Kier alpha value is -3.18. The van der Waals surface area contributed by atoms with Crippen LogP contribution in [-0.2, 0) is 16.0 Å². The average Bonchev–Trinajstić information content (AvgIpc) is 3.57. The highest BCUT2D eigenvalue weighted by Crippen LogP contribution is 2.40. The summed E-state index contributed by atoms with van der Waals surface area (Å²) in [4.78, 5) is 16.7. The van der Waals surface area contributed by atoms with Crippen molar-refractivity contribution in [3.8, 4) is 23.0 Å². The highest BCUT2D eigenvalue weighted by Gasteiger charge is 2.47. The van der Waals surface area contributed by atoms with Gasteiger partial charge in [0.15, 0.2) is 11.5 Å². The summed E-state index contributed by atoms with van der Waals surface area (Å²) < 4.78 is 62.5. The Morgan fingerprint density at radius 3 is 2.61 bits per heavy atom. The molecule has 1 heterocycles. The first-order chi connectivity index (χ1) is 17.6. The van der Waals surface area contributed by atoms with Crippen LogP contribution in [0.25, 0.3) is 11.5 Å². The van der Waals surface area contributed by atoms with Crippen LogP contribution in [-0.4, -0.2) is 42.1 Å². The fourth-order valence-electron chi connectivity index (χ4n) is 4.04. The number of nitrogens with zero attached hydrogens (tertiary/aromatic N) is 1. The standard InChI is InChI=1S/C26H29F3N2O6.ClH/c1-3-34-17-8-9-26(24(32)33,21(27)11-17)12-18-22(14(2)30)37-23(31-18)16-6-7-19(36-25(28)29)20(10-16)35-13-15-4-5-15;/h6-11,14-15,21,25H,3-5,12-13,30H2,1-2H3,(H,32,33);1H. The van der Waals surface area contributed by atoms with Gasteiger partial charge >= 0.3 is 12.6 Å². The van der Waals surface area contributed by atoms with E-state index in [1.807, 2.05) is 0 Å². The molecule has 1 aromatic heterocycles. The van der Waals surface area contributed by atoms with Gasteiger partial charge in [0.2, 0.25) is 5.89 Å². The summed E-state index contributed by atoms with van der Waals surface area (Å²) in [5, 5.41) is 10.00. The second kappa shape index (κ2) is 12.1. The number of aliphatic carboxylic acids is 1. The third-order valence-corrected chi connectivity index (χ3v) is 6.24. The van der Waals surface area contributed by atoms with E-state index in [2.05, 4.69) is 9.72 Å². The van der Waals surface area contributed by atoms with E-state index in [0.717, 1.165) is 18.9 Å². The van der Waals surface area contributed by atoms with Gasteiger partial charge in [-0.1, -0.05) is 6.08 Å². The lowest BCUT2D eigenvalue weighted by Crippen LogP contribution is -2.41. The van der Waals surface area contributed by atoms with E-state index in [1.165, 1.54) is 30.4 Å². The minimum absolute atomic E-state index is 0. The molecule has 3 N–H and O–H groups in total. The molecule has 0 amide bonds. The van der Waals surface area contributed by atoms with Crippen LogP contribution in [0.15, 0.2) is 46.6 Å². The van der Waals surface area contributed by atoms with Crippen molar-refractivity contribution in [3.05, 3.63) is 53.6 Å². The second-order valence-electron chi connectivity index (χ2n) is 9.17. The van der Waals surface area contributed by atoms with Crippen LogP contribution in [0.2, 0.25) is 0 Å². The van der Waals surface area contributed by atoms with E-state index in [9.17, 15) is 18.7 Å². The molecule has 0 aliphatic heterocycles. The number of nitrogens with two attached hydrogens (primary N) is 1. The molecule has 3 unspecified atom stereocenters. The maximum Gasteiger partial charge on any atom is 0.387 e. The van der Waals surface area contributed by atoms with E-state index >= 15 is 4.39 Å². The van der Waals surface area contributed by atoms with Gasteiger partial charge in [-0.15, -0.1) is 12.4 Å². The van der Waals surface area contributed by atoms with E-state index in [-0.39, 0.29) is 53.4 Å². The predicted molar refractivity (Wildman–Crippen MR) is 134 cm³/mol. The predicted octanol–water partition coefficient (Wildman–Crippen LogP) is 5.62. The number of aromatic nitrogens is 1. The minimum atomic E-state index is -3.03. The maximum absolute atomic E-state index is 15.3. The Balaban J connectivity index is 0.00000400. The Labute approximate surface area is 224 Å². The number of alkyl halides is 3. The molecular formula is C26H30ClF3N2O6. The third-order valence-electron chi connectivity index (χ3n) is 6.24. The molecule has 0 saturated heterocycles. The van der Waals surface area contributed by atoms with Crippen molar-refractivity contribution < 1.29 is 41.7 Å². The molecule has 0 radical (unpaired) electrons. The number of benzene rings is 1. The summed E-state index contributed by atoms with van der Waals surface area (Å²) in [6.07, 6.45) is 3.56. The molecule has 1 fully saturated rings. The summed E-state index contributed by atoms with van der Waals surface area (Å²) in [7, 11) is 0. The third kappa shape index (κ3) is 6.44. The number of halogens is 4. The van der Waals surface area contributed by atoms with Crippen LogP contribution in [0.4, 0.5) is 13.2 Å². The van der Waals surface area contributed by atoms with Gasteiger partial charge in [-0.25, -0.2) is 9.37 Å². The van der Waals surface area contributed by atoms with Crippen LogP contribution in [0.3, 0.4) is 0 Å². The Kier molecular flexibility index (Phi) is 9.37. The molecule has 12 heteroatoms. The zero-order valence-electron chi connectivity index (χ0n) is 20.9. The molecule has 208 valence electrons. The fraction of sp³-hybridized carbons (Fsp3) is 0.462. The summed E-state index contributed by atoms with van der Waals surface area (Å²) in [6.45, 7) is 0.989. The van der Waals surface area contributed by atoms with E-state index in [1.54, 1.807) is 13.8 Å². The Bertz CT molecular complexity index is 1200. The molecule has 0 spiro atoms. The van der Waals surface area contributed by atoms with Gasteiger partial charge in [0.1, 0.15) is 23.1 Å². The number of rotatable bonds is 12. The van der Waals surface area contributed by atoms with Crippen LogP contribution in [0, 0.1) is 11.3 Å². The van der Waals surface area contributed by atoms with Crippen molar-refractivity contribution in [1.29, 1.82) is 0 Å². The molecule has 8 nitrogen and oxygen atoms in total. The number of ether oxygens (including phenoxy) is 3. The zero-order valence-corrected chi connectivity index (χ0v) is 21.7. The molecule has 2 aliphatic rings. The highest BCUT2D eigenvalue weighted by atomic mass is 35.5. The van der Waals surface area contributed by atoms with Gasteiger partial charge in [-0.05, 0) is 63.0 Å². The van der Waals surface area contributed by atoms with E-state index in [0.29, 0.717) is 24.7 Å². The van der Waals surface area contributed by atoms with Gasteiger partial charge in [0, 0.05) is 12.0 Å². The van der Waals surface area contributed by atoms with Crippen LogP contribution in [0.5, 0.6) is 11.5 Å². The Morgan fingerprint density at radius 1 is 1.29 bits per heavy atom. The molecule has 2 aliphatic carbocycles. The van der Waals surface area contributed by atoms with Crippen molar-refractivity contribution in [2.24, 2.45) is 17.1 Å². The van der Waals surface area contributed by atoms with Gasteiger partial charge in [0.05, 0.1) is 24.9 Å². The largest absolute Gasteiger partial charge is 0.494 e. The zero-order chi connectivity index (χ0) is 26.7. The van der Waals surface area contributed by atoms with E-state index in [4.69, 9.17) is 19.6 Å².